The summed E-state index contributed by atoms with van der Waals surface area (Å²) in [4.78, 5) is 22.8. The SMILES string of the molecule is O=C(CCC(=O)OC(O)(O)C12OP1(=O)O2)OC(O)(O)C12OP1(=O)O2. The van der Waals surface area contributed by atoms with E-state index in [1.165, 1.54) is 0 Å². The van der Waals surface area contributed by atoms with Crippen LogP contribution < -0.4 is 0 Å². The summed E-state index contributed by atoms with van der Waals surface area (Å²) in [5.41, 5.74) is -4.57. The number of rotatable bonds is 7. The van der Waals surface area contributed by atoms with Gasteiger partial charge in [0.25, 0.3) is 0 Å². The lowest BCUT2D eigenvalue weighted by molar-refractivity contribution is -0.373. The molecule has 4 fully saturated rings. The van der Waals surface area contributed by atoms with E-state index in [9.17, 15) is 39.1 Å². The Hall–Kier alpha value is -0.920. The van der Waals surface area contributed by atoms with Crippen LogP contribution >= 0.6 is 15.2 Å². The van der Waals surface area contributed by atoms with Gasteiger partial charge in [0, 0.05) is 0 Å². The molecule has 24 heavy (non-hydrogen) atoms. The van der Waals surface area contributed by atoms with Gasteiger partial charge >= 0.3 is 50.1 Å². The van der Waals surface area contributed by atoms with Crippen molar-refractivity contribution in [2.24, 2.45) is 0 Å². The smallest absolute Gasteiger partial charge is 0.403 e. The van der Waals surface area contributed by atoms with E-state index in [0.29, 0.717) is 0 Å². The molecule has 0 aromatic heterocycles. The van der Waals surface area contributed by atoms with Gasteiger partial charge in [0.15, 0.2) is 0 Å². The highest BCUT2D eigenvalue weighted by Crippen LogP contribution is 3.00. The molecule has 134 valence electrons. The average molecular weight is 390 g/mol. The quantitative estimate of drug-likeness (QED) is 0.159. The molecule has 16 heteroatoms. The largest absolute Gasteiger partial charge is 0.407 e. The van der Waals surface area contributed by atoms with E-state index in [2.05, 4.69) is 27.6 Å². The maximum atomic E-state index is 11.4. The van der Waals surface area contributed by atoms with Gasteiger partial charge in [0.05, 0.1) is 12.8 Å². The fourth-order valence-electron chi connectivity index (χ4n) is 1.93. The third-order valence-corrected chi connectivity index (χ3v) is 7.15. The van der Waals surface area contributed by atoms with Crippen LogP contribution in [0.5, 0.6) is 0 Å². The number of carbonyl (C=O) groups excluding carboxylic acids is 2. The van der Waals surface area contributed by atoms with Crippen molar-refractivity contribution >= 4 is 27.1 Å². The molecular weight excluding hydrogens is 382 g/mol. The van der Waals surface area contributed by atoms with Crippen LogP contribution in [0.4, 0.5) is 0 Å². The highest BCUT2D eigenvalue weighted by molar-refractivity contribution is 7.68. The molecule has 4 N–H and O–H groups in total. The first-order valence-electron chi connectivity index (χ1n) is 6.19. The molecule has 4 aliphatic heterocycles. The number of fused-ring (bicyclic) bond motifs is 2. The lowest BCUT2D eigenvalue weighted by atomic mass is 10.3. The van der Waals surface area contributed by atoms with E-state index < -0.39 is 63.0 Å². The molecule has 4 heterocycles. The second kappa shape index (κ2) is 4.07. The van der Waals surface area contributed by atoms with Crippen LogP contribution in [0.1, 0.15) is 12.8 Å². The molecule has 0 atom stereocenters. The Morgan fingerprint density at radius 1 is 0.792 bits per heavy atom. The fraction of sp³-hybridized carbons (Fsp3) is 0.750. The Morgan fingerprint density at radius 3 is 1.25 bits per heavy atom. The zero-order valence-electron chi connectivity index (χ0n) is 11.2. The molecule has 14 nitrogen and oxygen atoms in total. The number of carbonyl (C=O) groups is 2. The molecule has 0 aromatic carbocycles. The van der Waals surface area contributed by atoms with Gasteiger partial charge in [-0.2, -0.15) is 0 Å². The molecule has 0 aromatic rings. The van der Waals surface area contributed by atoms with E-state index in [1.807, 2.05) is 0 Å². The predicted molar refractivity (Wildman–Crippen MR) is 60.8 cm³/mol. The Labute approximate surface area is 130 Å². The highest BCUT2D eigenvalue weighted by atomic mass is 31.2. The summed E-state index contributed by atoms with van der Waals surface area (Å²) in [7, 11) is -7.20. The second-order valence-corrected chi connectivity index (χ2v) is 9.09. The Bertz CT molecular complexity index is 683. The van der Waals surface area contributed by atoms with Gasteiger partial charge in [0.1, 0.15) is 0 Å². The van der Waals surface area contributed by atoms with E-state index >= 15 is 0 Å². The summed E-state index contributed by atoms with van der Waals surface area (Å²) in [5, 5.41) is 37.7. The maximum Gasteiger partial charge on any atom is 0.407 e. The normalized spacial score (nSPS) is 44.0. The fourth-order valence-corrected chi connectivity index (χ4v) is 5.18. The monoisotopic (exact) mass is 390 g/mol. The summed E-state index contributed by atoms with van der Waals surface area (Å²) >= 11 is 0. The van der Waals surface area contributed by atoms with E-state index in [1.54, 1.807) is 0 Å². The molecule has 4 rings (SSSR count). The predicted octanol–water partition coefficient (Wildman–Crippen LogP) is -2.06. The minimum Gasteiger partial charge on any atom is -0.403 e. The second-order valence-electron chi connectivity index (χ2n) is 5.19. The molecule has 0 saturated carbocycles. The first-order chi connectivity index (χ1) is 10.8. The summed E-state index contributed by atoms with van der Waals surface area (Å²) in [6.45, 7) is 0. The molecule has 0 unspecified atom stereocenters. The standard InChI is InChI=1S/C8H8O14P2/c9-3(17-5(11,12)7-19-23(7,15)20-7)1-2-4(10)18-6(13,14)8-21-24(8,16)22-8/h11-14H,1-2H2. The van der Waals surface area contributed by atoms with Gasteiger partial charge in [-0.1, -0.05) is 0 Å². The zero-order chi connectivity index (χ0) is 17.8. The van der Waals surface area contributed by atoms with Crippen molar-refractivity contribution in [1.82, 2.24) is 0 Å². The Morgan fingerprint density at radius 2 is 1.04 bits per heavy atom. The lowest BCUT2D eigenvalue weighted by Gasteiger charge is -2.20. The molecule has 4 saturated heterocycles. The summed E-state index contributed by atoms with van der Waals surface area (Å²) in [5.74, 6) is -9.31. The number of ether oxygens (including phenoxy) is 2. The van der Waals surface area contributed by atoms with Gasteiger partial charge in [-0.3, -0.25) is 36.8 Å². The third kappa shape index (κ3) is 1.95. The van der Waals surface area contributed by atoms with Gasteiger partial charge in [-0.25, -0.2) is 0 Å². The molecule has 0 aliphatic carbocycles. The molecule has 0 amide bonds. The molecule has 4 aliphatic rings. The van der Waals surface area contributed by atoms with Crippen molar-refractivity contribution in [2.45, 2.75) is 35.8 Å². The van der Waals surface area contributed by atoms with Gasteiger partial charge in [-0.15, -0.1) is 0 Å². The van der Waals surface area contributed by atoms with Crippen molar-refractivity contribution in [3.63, 3.8) is 0 Å². The summed E-state index contributed by atoms with van der Waals surface area (Å²) in [6, 6.07) is 0. The van der Waals surface area contributed by atoms with Crippen LogP contribution in [0.15, 0.2) is 0 Å². The maximum absolute atomic E-state index is 11.4. The van der Waals surface area contributed by atoms with Crippen LogP contribution in [0.2, 0.25) is 0 Å². The molecule has 0 bridgehead atoms. The molecule has 0 radical (unpaired) electrons. The Balaban J connectivity index is 1.25. The van der Waals surface area contributed by atoms with Crippen LogP contribution in [0, 0.1) is 0 Å². The number of hydrogen-bond acceptors (Lipinski definition) is 14. The van der Waals surface area contributed by atoms with Crippen molar-refractivity contribution in [3.8, 4) is 0 Å². The summed E-state index contributed by atoms with van der Waals surface area (Å²) < 4.78 is 48.1. The van der Waals surface area contributed by atoms with Crippen molar-refractivity contribution in [1.29, 1.82) is 0 Å². The van der Waals surface area contributed by atoms with E-state index in [0.717, 1.165) is 0 Å². The minimum absolute atomic E-state index is 0.787. The van der Waals surface area contributed by atoms with Gasteiger partial charge in [-0.05, 0) is 0 Å². The minimum atomic E-state index is -3.60. The van der Waals surface area contributed by atoms with Crippen molar-refractivity contribution < 1.29 is 66.7 Å². The van der Waals surface area contributed by atoms with Crippen LogP contribution in [-0.4, -0.2) is 55.4 Å². The van der Waals surface area contributed by atoms with Crippen molar-refractivity contribution in [3.05, 3.63) is 0 Å². The third-order valence-electron chi connectivity index (χ3n) is 3.44. The van der Waals surface area contributed by atoms with Gasteiger partial charge in [0.2, 0.25) is 0 Å². The molecule has 0 spiro atoms. The topological polar surface area (TPSA) is 218 Å². The summed E-state index contributed by atoms with van der Waals surface area (Å²) in [6.07, 6.45) is -1.57. The highest BCUT2D eigenvalue weighted by Gasteiger charge is 3.02. The number of esters is 2. The lowest BCUT2D eigenvalue weighted by Crippen LogP contribution is -2.45. The number of hydrogen-bond donors (Lipinski definition) is 4. The first kappa shape index (κ1) is 16.5. The van der Waals surface area contributed by atoms with E-state index in [-0.39, 0.29) is 0 Å². The van der Waals surface area contributed by atoms with Crippen LogP contribution in [0.25, 0.3) is 0 Å². The van der Waals surface area contributed by atoms with Gasteiger partial charge < -0.3 is 29.9 Å². The number of aliphatic hydroxyl groups is 4. The zero-order valence-corrected chi connectivity index (χ0v) is 13.0. The van der Waals surface area contributed by atoms with E-state index in [4.69, 9.17) is 0 Å². The average Bonchev–Trinajstić information content (AvgIpc) is 3.26. The Kier molecular flexibility index (Phi) is 2.81. The first-order valence-corrected chi connectivity index (χ1v) is 9.27. The van der Waals surface area contributed by atoms with Crippen LogP contribution in [-0.2, 0) is 46.3 Å². The van der Waals surface area contributed by atoms with Crippen LogP contribution in [0.3, 0.4) is 0 Å². The molecular formula is C8H8O14P2. The van der Waals surface area contributed by atoms with Crippen molar-refractivity contribution in [2.75, 3.05) is 0 Å².